The molecular formula is C17H14F2INO3. The molecule has 1 N–H and O–H groups in total. The topological polar surface area (TPSA) is 55.4 Å². The van der Waals surface area contributed by atoms with Crippen molar-refractivity contribution in [2.75, 3.05) is 7.11 Å². The van der Waals surface area contributed by atoms with Crippen LogP contribution in [0.5, 0.6) is 0 Å². The number of rotatable bonds is 5. The lowest BCUT2D eigenvalue weighted by Crippen LogP contribution is -2.43. The number of amides is 1. The van der Waals surface area contributed by atoms with E-state index < -0.39 is 29.6 Å². The molecular weight excluding hydrogens is 431 g/mol. The van der Waals surface area contributed by atoms with Crippen molar-refractivity contribution >= 4 is 34.5 Å². The Kier molecular flexibility index (Phi) is 6.24. The van der Waals surface area contributed by atoms with Gasteiger partial charge in [0.2, 0.25) is 0 Å². The molecule has 0 bridgehead atoms. The summed E-state index contributed by atoms with van der Waals surface area (Å²) in [4.78, 5) is 24.1. The van der Waals surface area contributed by atoms with Crippen LogP contribution in [0.3, 0.4) is 0 Å². The molecule has 0 heterocycles. The van der Waals surface area contributed by atoms with Crippen molar-refractivity contribution in [3.63, 3.8) is 0 Å². The van der Waals surface area contributed by atoms with E-state index >= 15 is 0 Å². The fraction of sp³-hybridized carbons (Fsp3) is 0.176. The lowest BCUT2D eigenvalue weighted by molar-refractivity contribution is -0.142. The van der Waals surface area contributed by atoms with Crippen LogP contribution in [0.1, 0.15) is 15.9 Å². The number of nitrogens with one attached hydrogen (secondary N) is 1. The molecule has 24 heavy (non-hydrogen) atoms. The highest BCUT2D eigenvalue weighted by Gasteiger charge is 2.23. The number of ether oxygens (including phenoxy) is 1. The Balaban J connectivity index is 2.17. The summed E-state index contributed by atoms with van der Waals surface area (Å²) in [6.45, 7) is 0. The van der Waals surface area contributed by atoms with E-state index in [-0.39, 0.29) is 12.0 Å². The monoisotopic (exact) mass is 445 g/mol. The molecule has 0 aliphatic carbocycles. The molecule has 0 aliphatic rings. The zero-order valence-corrected chi connectivity index (χ0v) is 14.8. The average Bonchev–Trinajstić information content (AvgIpc) is 2.54. The molecule has 0 radical (unpaired) electrons. The van der Waals surface area contributed by atoms with Crippen LogP contribution in [-0.2, 0) is 16.0 Å². The van der Waals surface area contributed by atoms with Gasteiger partial charge in [-0.3, -0.25) is 4.79 Å². The third-order valence-electron chi connectivity index (χ3n) is 3.27. The van der Waals surface area contributed by atoms with E-state index in [9.17, 15) is 18.4 Å². The minimum absolute atomic E-state index is 0.202. The number of hydrogen-bond donors (Lipinski definition) is 1. The highest BCUT2D eigenvalue weighted by atomic mass is 127. The van der Waals surface area contributed by atoms with E-state index in [2.05, 4.69) is 32.6 Å². The summed E-state index contributed by atoms with van der Waals surface area (Å²) in [7, 11) is 1.21. The summed E-state index contributed by atoms with van der Waals surface area (Å²) in [5.41, 5.74) is 0.612. The normalized spacial score (nSPS) is 11.7. The summed E-state index contributed by atoms with van der Waals surface area (Å²) >= 11 is 2.15. The van der Waals surface area contributed by atoms with Crippen molar-refractivity contribution in [3.8, 4) is 0 Å². The van der Waals surface area contributed by atoms with Crippen LogP contribution in [0.25, 0.3) is 0 Å². The van der Waals surface area contributed by atoms with Crippen molar-refractivity contribution in [2.24, 2.45) is 0 Å². The van der Waals surface area contributed by atoms with Crippen molar-refractivity contribution in [3.05, 3.63) is 68.8 Å². The molecule has 4 nitrogen and oxygen atoms in total. The predicted octanol–water partition coefficient (Wildman–Crippen LogP) is 3.08. The fourth-order valence-electron chi connectivity index (χ4n) is 2.12. The average molecular weight is 445 g/mol. The van der Waals surface area contributed by atoms with Gasteiger partial charge in [-0.25, -0.2) is 13.6 Å². The third-order valence-corrected chi connectivity index (χ3v) is 3.99. The second kappa shape index (κ2) is 8.18. The van der Waals surface area contributed by atoms with Gasteiger partial charge >= 0.3 is 5.97 Å². The number of esters is 1. The van der Waals surface area contributed by atoms with Gasteiger partial charge in [0.25, 0.3) is 5.91 Å². The highest BCUT2D eigenvalue weighted by Crippen LogP contribution is 2.12. The molecule has 0 aromatic heterocycles. The van der Waals surface area contributed by atoms with Crippen LogP contribution in [0, 0.1) is 15.2 Å². The number of benzene rings is 2. The zero-order valence-electron chi connectivity index (χ0n) is 12.7. The summed E-state index contributed by atoms with van der Waals surface area (Å²) in [5, 5.41) is 2.45. The number of methoxy groups -OCH3 is 1. The van der Waals surface area contributed by atoms with Gasteiger partial charge in [0.05, 0.1) is 7.11 Å². The molecule has 0 aliphatic heterocycles. The van der Waals surface area contributed by atoms with Crippen molar-refractivity contribution in [1.29, 1.82) is 0 Å². The van der Waals surface area contributed by atoms with Gasteiger partial charge in [0.15, 0.2) is 0 Å². The zero-order chi connectivity index (χ0) is 17.7. The highest BCUT2D eigenvalue weighted by molar-refractivity contribution is 14.1. The Morgan fingerprint density at radius 1 is 1.12 bits per heavy atom. The molecule has 0 spiro atoms. The minimum Gasteiger partial charge on any atom is -0.467 e. The van der Waals surface area contributed by atoms with Crippen LogP contribution in [0.2, 0.25) is 0 Å². The Morgan fingerprint density at radius 2 is 1.71 bits per heavy atom. The van der Waals surface area contributed by atoms with E-state index in [0.29, 0.717) is 6.07 Å². The first-order chi connectivity index (χ1) is 11.4. The minimum atomic E-state index is -0.964. The quantitative estimate of drug-likeness (QED) is 0.569. The van der Waals surface area contributed by atoms with Gasteiger partial charge < -0.3 is 10.1 Å². The molecule has 0 unspecified atom stereocenters. The van der Waals surface area contributed by atoms with Crippen LogP contribution in [0.4, 0.5) is 8.78 Å². The van der Waals surface area contributed by atoms with Gasteiger partial charge in [-0.05, 0) is 52.4 Å². The lowest BCUT2D eigenvalue weighted by atomic mass is 10.1. The van der Waals surface area contributed by atoms with Crippen LogP contribution < -0.4 is 5.32 Å². The maximum absolute atomic E-state index is 13.2. The van der Waals surface area contributed by atoms with Gasteiger partial charge in [0, 0.05) is 21.6 Å². The summed E-state index contributed by atoms with van der Waals surface area (Å²) in [5.74, 6) is -3.13. The first-order valence-corrected chi connectivity index (χ1v) is 8.06. The maximum Gasteiger partial charge on any atom is 0.328 e. The van der Waals surface area contributed by atoms with E-state index in [0.717, 1.165) is 21.3 Å². The molecule has 2 aromatic carbocycles. The molecule has 126 valence electrons. The third kappa shape index (κ3) is 4.98. The van der Waals surface area contributed by atoms with Gasteiger partial charge in [0.1, 0.15) is 17.7 Å². The van der Waals surface area contributed by atoms with Crippen molar-refractivity contribution in [1.82, 2.24) is 5.32 Å². The SMILES string of the molecule is COC(=O)[C@@H](Cc1ccc(I)cc1)NC(=O)c1cc(F)cc(F)c1. The summed E-state index contributed by atoms with van der Waals surface area (Å²) in [6.07, 6.45) is 0.202. The second-order valence-corrected chi connectivity index (χ2v) is 6.28. The molecule has 0 saturated heterocycles. The fourth-order valence-corrected chi connectivity index (χ4v) is 2.48. The Morgan fingerprint density at radius 3 is 2.25 bits per heavy atom. The predicted molar refractivity (Wildman–Crippen MR) is 92.5 cm³/mol. The number of halogens is 3. The number of carbonyl (C=O) groups is 2. The van der Waals surface area contributed by atoms with Gasteiger partial charge in [-0.2, -0.15) is 0 Å². The van der Waals surface area contributed by atoms with E-state index in [1.54, 1.807) is 0 Å². The first kappa shape index (κ1) is 18.3. The van der Waals surface area contributed by atoms with Crippen molar-refractivity contribution < 1.29 is 23.1 Å². The molecule has 0 saturated carbocycles. The largest absolute Gasteiger partial charge is 0.467 e. The Hall–Kier alpha value is -2.03. The smallest absolute Gasteiger partial charge is 0.328 e. The summed E-state index contributed by atoms with van der Waals surface area (Å²) in [6, 6.07) is 8.89. The van der Waals surface area contributed by atoms with Gasteiger partial charge in [-0.1, -0.05) is 12.1 Å². The molecule has 1 amide bonds. The van der Waals surface area contributed by atoms with Crippen molar-refractivity contribution in [2.45, 2.75) is 12.5 Å². The van der Waals surface area contributed by atoms with Crippen LogP contribution in [0.15, 0.2) is 42.5 Å². The standard InChI is InChI=1S/C17H14F2INO3/c1-24-17(23)15(6-10-2-4-14(20)5-3-10)21-16(22)11-7-12(18)9-13(19)8-11/h2-5,7-9,15H,6H2,1H3,(H,21,22)/t15-/m1/s1. The molecule has 1 atom stereocenters. The van der Waals surface area contributed by atoms with Crippen LogP contribution in [-0.4, -0.2) is 25.0 Å². The van der Waals surface area contributed by atoms with Crippen LogP contribution >= 0.6 is 22.6 Å². The molecule has 0 fully saturated rings. The van der Waals surface area contributed by atoms with E-state index in [4.69, 9.17) is 0 Å². The molecule has 2 aromatic rings. The Bertz CT molecular complexity index is 730. The first-order valence-electron chi connectivity index (χ1n) is 6.98. The molecule has 2 rings (SSSR count). The number of carbonyl (C=O) groups excluding carboxylic acids is 2. The van der Waals surface area contributed by atoms with Gasteiger partial charge in [-0.15, -0.1) is 0 Å². The second-order valence-electron chi connectivity index (χ2n) is 5.04. The molecule has 7 heteroatoms. The lowest BCUT2D eigenvalue weighted by Gasteiger charge is -2.17. The Labute approximate surface area is 151 Å². The maximum atomic E-state index is 13.2. The van der Waals surface area contributed by atoms with E-state index in [1.807, 2.05) is 24.3 Å². The summed E-state index contributed by atoms with van der Waals surface area (Å²) < 4.78 is 32.2. The van der Waals surface area contributed by atoms with E-state index in [1.165, 1.54) is 7.11 Å². The number of hydrogen-bond acceptors (Lipinski definition) is 3.